The van der Waals surface area contributed by atoms with E-state index in [0.717, 1.165) is 36.8 Å². The maximum atomic E-state index is 5.55. The van der Waals surface area contributed by atoms with Gasteiger partial charge in [0, 0.05) is 20.2 Å². The average Bonchev–Trinajstić information content (AvgIpc) is 2.54. The zero-order chi connectivity index (χ0) is 16.0. The summed E-state index contributed by atoms with van der Waals surface area (Å²) in [4.78, 5) is 4.59. The van der Waals surface area contributed by atoms with Gasteiger partial charge in [-0.2, -0.15) is 0 Å². The number of aliphatic imine (C=N–C) groups is 1. The van der Waals surface area contributed by atoms with Gasteiger partial charge in [0.15, 0.2) is 5.96 Å². The van der Waals surface area contributed by atoms with Gasteiger partial charge in [-0.1, -0.05) is 25.5 Å². The molecule has 1 rings (SSSR count). The smallest absolute Gasteiger partial charge is 0.191 e. The number of hydrogen-bond acceptors (Lipinski definition) is 3. The third kappa shape index (κ3) is 10.4. The lowest BCUT2D eigenvalue weighted by atomic mass is 10.2. The molecule has 0 saturated heterocycles. The fraction of sp³-hybridized carbons (Fsp3) is 0.588. The van der Waals surface area contributed by atoms with Crippen LogP contribution in [0.25, 0.3) is 0 Å². The van der Waals surface area contributed by atoms with Gasteiger partial charge in [0.1, 0.15) is 12.4 Å². The molecule has 2 N–H and O–H groups in total. The first kappa shape index (κ1) is 22.0. The minimum atomic E-state index is 0. The van der Waals surface area contributed by atoms with E-state index in [1.165, 1.54) is 6.42 Å². The number of benzene rings is 1. The Morgan fingerprint density at radius 1 is 1.09 bits per heavy atom. The Hall–Kier alpha value is -1.02. The zero-order valence-electron chi connectivity index (χ0n) is 14.4. The van der Waals surface area contributed by atoms with Crippen LogP contribution in [-0.4, -0.2) is 39.4 Å². The van der Waals surface area contributed by atoms with Crippen LogP contribution in [0.1, 0.15) is 32.3 Å². The van der Waals surface area contributed by atoms with E-state index in [-0.39, 0.29) is 24.0 Å². The summed E-state index contributed by atoms with van der Waals surface area (Å²) in [5.74, 6) is 1.73. The fourth-order valence-corrected chi connectivity index (χ4v) is 1.83. The Labute approximate surface area is 157 Å². The standard InChI is InChI=1S/C17H29N3O2.HI/c1-4-6-11-19-17(18-5-2)20-14-15-7-9-16(10-8-15)22-13-12-21-3;/h7-10H,4-6,11-14H2,1-3H3,(H2,18,19,20);1H. The topological polar surface area (TPSA) is 54.9 Å². The van der Waals surface area contributed by atoms with Crippen LogP contribution in [0, 0.1) is 0 Å². The highest BCUT2D eigenvalue weighted by molar-refractivity contribution is 14.0. The first-order valence-corrected chi connectivity index (χ1v) is 8.03. The predicted octanol–water partition coefficient (Wildman–Crippen LogP) is 3.19. The predicted molar refractivity (Wildman–Crippen MR) is 107 cm³/mol. The summed E-state index contributed by atoms with van der Waals surface area (Å²) in [5.41, 5.74) is 1.16. The number of unbranched alkanes of at least 4 members (excludes halogenated alkanes) is 1. The molecule has 132 valence electrons. The summed E-state index contributed by atoms with van der Waals surface area (Å²) in [5, 5.41) is 6.60. The zero-order valence-corrected chi connectivity index (χ0v) is 16.8. The second-order valence-corrected chi connectivity index (χ2v) is 4.96. The number of nitrogens with one attached hydrogen (secondary N) is 2. The van der Waals surface area contributed by atoms with Crippen molar-refractivity contribution in [3.63, 3.8) is 0 Å². The molecule has 0 unspecified atom stereocenters. The molecule has 0 aliphatic heterocycles. The molecule has 0 atom stereocenters. The minimum Gasteiger partial charge on any atom is -0.491 e. The second-order valence-electron chi connectivity index (χ2n) is 4.96. The van der Waals surface area contributed by atoms with Gasteiger partial charge < -0.3 is 20.1 Å². The lowest BCUT2D eigenvalue weighted by Gasteiger charge is -2.11. The molecule has 0 saturated carbocycles. The summed E-state index contributed by atoms with van der Waals surface area (Å²) in [6.07, 6.45) is 2.33. The van der Waals surface area contributed by atoms with E-state index < -0.39 is 0 Å². The third-order valence-corrected chi connectivity index (χ3v) is 3.07. The molecule has 0 radical (unpaired) electrons. The van der Waals surface area contributed by atoms with Gasteiger partial charge in [-0.15, -0.1) is 24.0 Å². The highest BCUT2D eigenvalue weighted by Crippen LogP contribution is 2.12. The number of nitrogens with zero attached hydrogens (tertiary/aromatic N) is 1. The van der Waals surface area contributed by atoms with Crippen LogP contribution in [0.2, 0.25) is 0 Å². The average molecular weight is 435 g/mol. The van der Waals surface area contributed by atoms with Crippen LogP contribution in [0.15, 0.2) is 29.3 Å². The Kier molecular flexibility index (Phi) is 13.9. The van der Waals surface area contributed by atoms with E-state index in [4.69, 9.17) is 9.47 Å². The summed E-state index contributed by atoms with van der Waals surface area (Å²) >= 11 is 0. The van der Waals surface area contributed by atoms with E-state index in [9.17, 15) is 0 Å². The molecule has 23 heavy (non-hydrogen) atoms. The van der Waals surface area contributed by atoms with Crippen molar-refractivity contribution in [3.05, 3.63) is 29.8 Å². The molecule has 6 heteroatoms. The number of ether oxygens (including phenoxy) is 2. The molecule has 5 nitrogen and oxygen atoms in total. The first-order chi connectivity index (χ1) is 10.8. The number of rotatable bonds is 10. The van der Waals surface area contributed by atoms with Crippen molar-refractivity contribution in [2.45, 2.75) is 33.2 Å². The Morgan fingerprint density at radius 2 is 1.83 bits per heavy atom. The Balaban J connectivity index is 0.00000484. The van der Waals surface area contributed by atoms with Crippen LogP contribution >= 0.6 is 24.0 Å². The van der Waals surface area contributed by atoms with Crippen LogP contribution < -0.4 is 15.4 Å². The summed E-state index contributed by atoms with van der Waals surface area (Å²) in [6, 6.07) is 8.03. The van der Waals surface area contributed by atoms with Crippen molar-refractivity contribution in [3.8, 4) is 5.75 Å². The van der Waals surface area contributed by atoms with Gasteiger partial charge >= 0.3 is 0 Å². The summed E-state index contributed by atoms with van der Waals surface area (Å²) in [6.45, 7) is 7.89. The van der Waals surface area contributed by atoms with Crippen molar-refractivity contribution < 1.29 is 9.47 Å². The van der Waals surface area contributed by atoms with E-state index >= 15 is 0 Å². The molecule has 1 aromatic rings. The molecule has 0 aliphatic rings. The lowest BCUT2D eigenvalue weighted by molar-refractivity contribution is 0.146. The van der Waals surface area contributed by atoms with Gasteiger partial charge in [-0.3, -0.25) is 0 Å². The van der Waals surface area contributed by atoms with Crippen LogP contribution in [-0.2, 0) is 11.3 Å². The van der Waals surface area contributed by atoms with Crippen molar-refractivity contribution in [2.75, 3.05) is 33.4 Å². The maximum absolute atomic E-state index is 5.55. The number of hydrogen-bond donors (Lipinski definition) is 2. The van der Waals surface area contributed by atoms with Crippen LogP contribution in [0.5, 0.6) is 5.75 Å². The van der Waals surface area contributed by atoms with Crippen LogP contribution in [0.3, 0.4) is 0 Å². The van der Waals surface area contributed by atoms with Gasteiger partial charge in [0.05, 0.1) is 13.2 Å². The molecule has 1 aromatic carbocycles. The summed E-state index contributed by atoms with van der Waals surface area (Å²) < 4.78 is 10.5. The number of halogens is 1. The van der Waals surface area contributed by atoms with Gasteiger partial charge in [-0.25, -0.2) is 4.99 Å². The Morgan fingerprint density at radius 3 is 2.43 bits per heavy atom. The molecule has 0 amide bonds. The van der Waals surface area contributed by atoms with E-state index in [2.05, 4.69) is 29.5 Å². The van der Waals surface area contributed by atoms with Crippen molar-refractivity contribution >= 4 is 29.9 Å². The molecular weight excluding hydrogens is 405 g/mol. The van der Waals surface area contributed by atoms with Crippen molar-refractivity contribution in [1.82, 2.24) is 10.6 Å². The largest absolute Gasteiger partial charge is 0.491 e. The molecule has 0 fully saturated rings. The Bertz CT molecular complexity index is 424. The SMILES string of the molecule is CCCCNC(=NCc1ccc(OCCOC)cc1)NCC.I. The molecular formula is C17H30IN3O2. The monoisotopic (exact) mass is 435 g/mol. The molecule has 0 bridgehead atoms. The van der Waals surface area contributed by atoms with Gasteiger partial charge in [0.2, 0.25) is 0 Å². The molecule has 0 aromatic heterocycles. The quantitative estimate of drug-likeness (QED) is 0.257. The fourth-order valence-electron chi connectivity index (χ4n) is 1.83. The highest BCUT2D eigenvalue weighted by Gasteiger charge is 1.98. The van der Waals surface area contributed by atoms with E-state index in [0.29, 0.717) is 19.8 Å². The second kappa shape index (κ2) is 14.6. The normalized spacial score (nSPS) is 10.8. The minimum absolute atomic E-state index is 0. The van der Waals surface area contributed by atoms with E-state index in [1.54, 1.807) is 7.11 Å². The molecule has 0 heterocycles. The summed E-state index contributed by atoms with van der Waals surface area (Å²) in [7, 11) is 1.67. The van der Waals surface area contributed by atoms with Gasteiger partial charge in [0.25, 0.3) is 0 Å². The molecule has 0 spiro atoms. The van der Waals surface area contributed by atoms with Crippen LogP contribution in [0.4, 0.5) is 0 Å². The maximum Gasteiger partial charge on any atom is 0.191 e. The number of guanidine groups is 1. The van der Waals surface area contributed by atoms with Gasteiger partial charge in [-0.05, 0) is 31.0 Å². The number of methoxy groups -OCH3 is 1. The van der Waals surface area contributed by atoms with E-state index in [1.807, 2.05) is 24.3 Å². The lowest BCUT2D eigenvalue weighted by Crippen LogP contribution is -2.37. The highest BCUT2D eigenvalue weighted by atomic mass is 127. The van der Waals surface area contributed by atoms with Crippen molar-refractivity contribution in [2.24, 2.45) is 4.99 Å². The third-order valence-electron chi connectivity index (χ3n) is 3.07. The first-order valence-electron chi connectivity index (χ1n) is 8.03. The van der Waals surface area contributed by atoms with Crippen molar-refractivity contribution in [1.29, 1.82) is 0 Å². The molecule has 0 aliphatic carbocycles.